The molecule has 1 aliphatic rings. The molecule has 0 bridgehead atoms. The first kappa shape index (κ1) is 11.2. The van der Waals surface area contributed by atoms with Gasteiger partial charge in [0.15, 0.2) is 0 Å². The summed E-state index contributed by atoms with van der Waals surface area (Å²) in [5.74, 6) is 0. The lowest BCUT2D eigenvalue weighted by atomic mass is 10.1. The van der Waals surface area contributed by atoms with E-state index < -0.39 is 0 Å². The van der Waals surface area contributed by atoms with Crippen molar-refractivity contribution >= 4 is 23.1 Å². The van der Waals surface area contributed by atoms with Gasteiger partial charge >= 0.3 is 0 Å². The fraction of sp³-hybridized carbons (Fsp3) is 0.133. The van der Waals surface area contributed by atoms with E-state index in [-0.39, 0.29) is 0 Å². The smallest absolute Gasteiger partial charge is 0.0669 e. The minimum absolute atomic E-state index is 0.471. The molecule has 0 amide bonds. The molecule has 88 valence electrons. The SMILES string of the molecule is CN1c2ccccc2Sc2cc(CC#N)ccc21. The minimum Gasteiger partial charge on any atom is -0.343 e. The van der Waals surface area contributed by atoms with Gasteiger partial charge in [0.05, 0.1) is 23.9 Å². The molecule has 1 heterocycles. The minimum atomic E-state index is 0.471. The van der Waals surface area contributed by atoms with Crippen LogP contribution in [0.1, 0.15) is 5.56 Å². The first-order valence-corrected chi connectivity index (χ1v) is 6.62. The second kappa shape index (κ2) is 4.40. The quantitative estimate of drug-likeness (QED) is 0.768. The second-order valence-corrected chi connectivity index (χ2v) is 5.35. The topological polar surface area (TPSA) is 27.0 Å². The van der Waals surface area contributed by atoms with Crippen LogP contribution in [0.25, 0.3) is 0 Å². The summed E-state index contributed by atoms with van der Waals surface area (Å²) in [6.07, 6.45) is 0.471. The monoisotopic (exact) mass is 252 g/mol. The van der Waals surface area contributed by atoms with Gasteiger partial charge in [-0.1, -0.05) is 30.0 Å². The Labute approximate surface area is 111 Å². The Kier molecular flexibility index (Phi) is 2.73. The Morgan fingerprint density at radius 1 is 1.11 bits per heavy atom. The van der Waals surface area contributed by atoms with Crippen molar-refractivity contribution < 1.29 is 0 Å². The lowest BCUT2D eigenvalue weighted by molar-refractivity contribution is 1.10. The predicted octanol–water partition coefficient (Wildman–Crippen LogP) is 3.99. The highest BCUT2D eigenvalue weighted by Crippen LogP contribution is 2.47. The van der Waals surface area contributed by atoms with Crippen molar-refractivity contribution in [2.45, 2.75) is 16.2 Å². The van der Waals surface area contributed by atoms with Crippen LogP contribution in [0.5, 0.6) is 0 Å². The Morgan fingerprint density at radius 3 is 2.72 bits per heavy atom. The van der Waals surface area contributed by atoms with Crippen molar-refractivity contribution in [2.24, 2.45) is 0 Å². The predicted molar refractivity (Wildman–Crippen MR) is 74.4 cm³/mol. The van der Waals surface area contributed by atoms with E-state index in [4.69, 9.17) is 5.26 Å². The standard InChI is InChI=1S/C15H12N2S/c1-17-12-4-2-3-5-14(12)18-15-10-11(8-9-16)6-7-13(15)17/h2-7,10H,8H2,1H3. The molecule has 0 radical (unpaired) electrons. The molecule has 0 aliphatic carbocycles. The van der Waals surface area contributed by atoms with Gasteiger partial charge in [0.1, 0.15) is 0 Å². The van der Waals surface area contributed by atoms with E-state index in [2.05, 4.69) is 54.4 Å². The summed E-state index contributed by atoms with van der Waals surface area (Å²) in [6.45, 7) is 0. The maximum absolute atomic E-state index is 8.77. The summed E-state index contributed by atoms with van der Waals surface area (Å²) in [6, 6.07) is 16.8. The van der Waals surface area contributed by atoms with Crippen LogP contribution < -0.4 is 4.90 Å². The van der Waals surface area contributed by atoms with Crippen molar-refractivity contribution in [1.29, 1.82) is 5.26 Å². The maximum Gasteiger partial charge on any atom is 0.0669 e. The molecule has 0 aromatic heterocycles. The lowest BCUT2D eigenvalue weighted by Crippen LogP contribution is -2.14. The van der Waals surface area contributed by atoms with E-state index in [1.807, 2.05) is 6.07 Å². The summed E-state index contributed by atoms with van der Waals surface area (Å²) in [5, 5.41) is 8.77. The van der Waals surface area contributed by atoms with Gasteiger partial charge in [-0.05, 0) is 29.8 Å². The number of nitriles is 1. The van der Waals surface area contributed by atoms with Crippen LogP contribution in [0.3, 0.4) is 0 Å². The van der Waals surface area contributed by atoms with Crippen LogP contribution in [0.4, 0.5) is 11.4 Å². The van der Waals surface area contributed by atoms with Gasteiger partial charge < -0.3 is 4.90 Å². The fourth-order valence-electron chi connectivity index (χ4n) is 2.19. The number of nitrogens with zero attached hydrogens (tertiary/aromatic N) is 2. The third-order valence-electron chi connectivity index (χ3n) is 3.12. The zero-order valence-electron chi connectivity index (χ0n) is 10.1. The zero-order valence-corrected chi connectivity index (χ0v) is 10.9. The number of hydrogen-bond donors (Lipinski definition) is 0. The highest BCUT2D eigenvalue weighted by Gasteiger charge is 2.20. The molecule has 2 aromatic carbocycles. The summed E-state index contributed by atoms with van der Waals surface area (Å²) in [4.78, 5) is 4.70. The van der Waals surface area contributed by atoms with Crippen LogP contribution in [0.2, 0.25) is 0 Å². The molecule has 0 unspecified atom stereocenters. The molecule has 0 saturated heterocycles. The van der Waals surface area contributed by atoms with E-state index in [9.17, 15) is 0 Å². The van der Waals surface area contributed by atoms with Crippen molar-refractivity contribution in [2.75, 3.05) is 11.9 Å². The van der Waals surface area contributed by atoms with Crippen LogP contribution >= 0.6 is 11.8 Å². The largest absolute Gasteiger partial charge is 0.343 e. The Bertz CT molecular complexity index is 643. The molecular formula is C15H12N2S. The molecule has 0 fully saturated rings. The third kappa shape index (κ3) is 1.75. The van der Waals surface area contributed by atoms with E-state index in [1.54, 1.807) is 11.8 Å². The van der Waals surface area contributed by atoms with Gasteiger partial charge in [0.25, 0.3) is 0 Å². The maximum atomic E-state index is 8.77. The summed E-state index contributed by atoms with van der Waals surface area (Å²) in [5.41, 5.74) is 3.53. The Morgan fingerprint density at radius 2 is 1.89 bits per heavy atom. The van der Waals surface area contributed by atoms with Crippen LogP contribution in [-0.4, -0.2) is 7.05 Å². The molecule has 0 atom stereocenters. The first-order valence-electron chi connectivity index (χ1n) is 5.80. The molecule has 0 spiro atoms. The second-order valence-electron chi connectivity index (χ2n) is 4.27. The fourth-order valence-corrected chi connectivity index (χ4v) is 3.40. The van der Waals surface area contributed by atoms with E-state index in [1.165, 1.54) is 21.2 Å². The van der Waals surface area contributed by atoms with Crippen LogP contribution in [0.15, 0.2) is 52.3 Å². The first-order chi connectivity index (χ1) is 8.79. The van der Waals surface area contributed by atoms with Crippen molar-refractivity contribution in [3.05, 3.63) is 48.0 Å². The molecule has 0 saturated carbocycles. The average molecular weight is 252 g/mol. The van der Waals surface area contributed by atoms with Gasteiger partial charge in [0.2, 0.25) is 0 Å². The van der Waals surface area contributed by atoms with E-state index in [0.717, 1.165) is 5.56 Å². The molecular weight excluding hydrogens is 240 g/mol. The molecule has 2 nitrogen and oxygen atoms in total. The summed E-state index contributed by atoms with van der Waals surface area (Å²) in [7, 11) is 2.08. The van der Waals surface area contributed by atoms with E-state index in [0.29, 0.717) is 6.42 Å². The highest BCUT2D eigenvalue weighted by molar-refractivity contribution is 7.99. The number of fused-ring (bicyclic) bond motifs is 2. The van der Waals surface area contributed by atoms with Gasteiger partial charge in [-0.25, -0.2) is 0 Å². The number of rotatable bonds is 1. The highest BCUT2D eigenvalue weighted by atomic mass is 32.2. The van der Waals surface area contributed by atoms with Gasteiger partial charge in [-0.15, -0.1) is 0 Å². The van der Waals surface area contributed by atoms with Gasteiger partial charge in [0, 0.05) is 16.8 Å². The molecule has 2 aromatic rings. The van der Waals surface area contributed by atoms with Crippen LogP contribution in [-0.2, 0) is 6.42 Å². The van der Waals surface area contributed by atoms with Crippen molar-refractivity contribution in [1.82, 2.24) is 0 Å². The van der Waals surface area contributed by atoms with Gasteiger partial charge in [-0.2, -0.15) is 5.26 Å². The Balaban J connectivity index is 2.08. The van der Waals surface area contributed by atoms with E-state index >= 15 is 0 Å². The number of anilines is 2. The van der Waals surface area contributed by atoms with Crippen molar-refractivity contribution in [3.8, 4) is 6.07 Å². The summed E-state index contributed by atoms with van der Waals surface area (Å²) >= 11 is 1.78. The van der Waals surface area contributed by atoms with Crippen LogP contribution in [0, 0.1) is 11.3 Å². The number of benzene rings is 2. The normalized spacial score (nSPS) is 12.6. The Hall–Kier alpha value is -1.92. The summed E-state index contributed by atoms with van der Waals surface area (Å²) < 4.78 is 0. The molecule has 0 N–H and O–H groups in total. The number of hydrogen-bond acceptors (Lipinski definition) is 3. The molecule has 18 heavy (non-hydrogen) atoms. The zero-order chi connectivity index (χ0) is 12.5. The molecule has 3 heteroatoms. The lowest BCUT2D eigenvalue weighted by Gasteiger charge is -2.29. The molecule has 3 rings (SSSR count). The van der Waals surface area contributed by atoms with Crippen molar-refractivity contribution in [3.63, 3.8) is 0 Å². The molecule has 1 aliphatic heterocycles. The number of para-hydroxylation sites is 1. The van der Waals surface area contributed by atoms with Gasteiger partial charge in [-0.3, -0.25) is 0 Å². The third-order valence-corrected chi connectivity index (χ3v) is 4.23. The average Bonchev–Trinajstić information content (AvgIpc) is 2.39.